The molecular formula is C15H13BrF3N. The van der Waals surface area contributed by atoms with Gasteiger partial charge in [-0.15, -0.1) is 0 Å². The van der Waals surface area contributed by atoms with Crippen LogP contribution in [0.1, 0.15) is 24.9 Å². The minimum Gasteiger partial charge on any atom is -0.376 e. The van der Waals surface area contributed by atoms with Gasteiger partial charge in [-0.05, 0) is 36.2 Å². The molecule has 0 amide bonds. The minimum absolute atomic E-state index is 0.0429. The van der Waals surface area contributed by atoms with E-state index in [-0.39, 0.29) is 11.7 Å². The molecule has 1 nitrogen and oxygen atoms in total. The Kier molecular flexibility index (Phi) is 4.70. The average molecular weight is 344 g/mol. The molecule has 2 rings (SSSR count). The molecule has 0 aliphatic heterocycles. The van der Waals surface area contributed by atoms with Crippen LogP contribution in [-0.4, -0.2) is 0 Å². The zero-order valence-corrected chi connectivity index (χ0v) is 12.3. The lowest BCUT2D eigenvalue weighted by molar-refractivity contribution is 0.448. The summed E-state index contributed by atoms with van der Waals surface area (Å²) in [5.74, 6) is -3.84. The first-order chi connectivity index (χ1) is 9.52. The van der Waals surface area contributed by atoms with Crippen molar-refractivity contribution in [3.05, 3.63) is 63.9 Å². The third kappa shape index (κ3) is 3.15. The van der Waals surface area contributed by atoms with E-state index in [1.54, 1.807) is 0 Å². The first kappa shape index (κ1) is 14.9. The largest absolute Gasteiger partial charge is 0.376 e. The molecule has 0 radical (unpaired) electrons. The highest BCUT2D eigenvalue weighted by atomic mass is 79.9. The van der Waals surface area contributed by atoms with E-state index >= 15 is 0 Å². The molecule has 0 fully saturated rings. The molecule has 5 heteroatoms. The van der Waals surface area contributed by atoms with Gasteiger partial charge < -0.3 is 5.32 Å². The highest BCUT2D eigenvalue weighted by Gasteiger charge is 2.16. The molecule has 2 aromatic carbocycles. The lowest BCUT2D eigenvalue weighted by Crippen LogP contribution is -2.11. The number of hydrogen-bond acceptors (Lipinski definition) is 1. The van der Waals surface area contributed by atoms with Crippen LogP contribution in [0.5, 0.6) is 0 Å². The molecule has 2 aromatic rings. The van der Waals surface area contributed by atoms with Gasteiger partial charge in [0.15, 0.2) is 17.5 Å². The fourth-order valence-electron chi connectivity index (χ4n) is 1.94. The van der Waals surface area contributed by atoms with E-state index in [1.165, 1.54) is 6.07 Å². The average Bonchev–Trinajstić information content (AvgIpc) is 2.45. The van der Waals surface area contributed by atoms with Gasteiger partial charge >= 0.3 is 0 Å². The fourth-order valence-corrected chi connectivity index (χ4v) is 2.21. The molecule has 0 aliphatic carbocycles. The first-order valence-electron chi connectivity index (χ1n) is 6.18. The number of rotatable bonds is 4. The van der Waals surface area contributed by atoms with Gasteiger partial charge in [0.2, 0.25) is 0 Å². The summed E-state index contributed by atoms with van der Waals surface area (Å²) in [7, 11) is 0. The van der Waals surface area contributed by atoms with Crippen LogP contribution in [0.25, 0.3) is 0 Å². The number of halogens is 4. The van der Waals surface area contributed by atoms with Crippen LogP contribution in [0.4, 0.5) is 18.9 Å². The predicted molar refractivity (Wildman–Crippen MR) is 77.1 cm³/mol. The highest BCUT2D eigenvalue weighted by Crippen LogP contribution is 2.27. The third-order valence-electron chi connectivity index (χ3n) is 3.05. The Labute approximate surface area is 123 Å². The second kappa shape index (κ2) is 6.31. The molecule has 0 saturated heterocycles. The smallest absolute Gasteiger partial charge is 0.196 e. The topological polar surface area (TPSA) is 12.0 Å². The van der Waals surface area contributed by atoms with Crippen molar-refractivity contribution in [1.82, 2.24) is 0 Å². The minimum atomic E-state index is -1.46. The zero-order chi connectivity index (χ0) is 14.7. The van der Waals surface area contributed by atoms with Crippen LogP contribution in [0.2, 0.25) is 0 Å². The summed E-state index contributed by atoms with van der Waals surface area (Å²) in [6.45, 7) is 1.93. The summed E-state index contributed by atoms with van der Waals surface area (Å²) in [6.07, 6.45) is 0.681. The van der Waals surface area contributed by atoms with Crippen LogP contribution in [0.15, 0.2) is 40.9 Å². The second-order valence-electron chi connectivity index (χ2n) is 4.38. The Bertz CT molecular complexity index is 599. The van der Waals surface area contributed by atoms with Crippen molar-refractivity contribution >= 4 is 21.6 Å². The zero-order valence-electron chi connectivity index (χ0n) is 10.8. The van der Waals surface area contributed by atoms with Crippen LogP contribution in [0.3, 0.4) is 0 Å². The van der Waals surface area contributed by atoms with E-state index in [0.29, 0.717) is 6.42 Å². The van der Waals surface area contributed by atoms with Crippen molar-refractivity contribution in [3.8, 4) is 0 Å². The summed E-state index contributed by atoms with van der Waals surface area (Å²) in [4.78, 5) is 0. The highest BCUT2D eigenvalue weighted by molar-refractivity contribution is 9.10. The molecule has 0 aromatic heterocycles. The van der Waals surface area contributed by atoms with Gasteiger partial charge in [0.25, 0.3) is 0 Å². The maximum Gasteiger partial charge on any atom is 0.196 e. The van der Waals surface area contributed by atoms with Crippen LogP contribution >= 0.6 is 15.9 Å². The Hall–Kier alpha value is -1.49. The fraction of sp³-hybridized carbons (Fsp3) is 0.200. The summed E-state index contributed by atoms with van der Waals surface area (Å²) in [5.41, 5.74) is 0.901. The summed E-state index contributed by atoms with van der Waals surface area (Å²) in [6, 6.07) is 9.47. The molecule has 0 saturated carbocycles. The van der Waals surface area contributed by atoms with Gasteiger partial charge in [-0.3, -0.25) is 0 Å². The molecule has 0 bridgehead atoms. The van der Waals surface area contributed by atoms with Crippen molar-refractivity contribution in [1.29, 1.82) is 0 Å². The Morgan fingerprint density at radius 1 is 1.00 bits per heavy atom. The van der Waals surface area contributed by atoms with Crippen LogP contribution in [0, 0.1) is 17.5 Å². The lowest BCUT2D eigenvalue weighted by atomic mass is 10.0. The maximum atomic E-state index is 13.7. The third-order valence-corrected chi connectivity index (χ3v) is 3.57. The van der Waals surface area contributed by atoms with Crippen LogP contribution in [-0.2, 0) is 0 Å². The summed E-state index contributed by atoms with van der Waals surface area (Å²) in [5, 5.41) is 2.90. The Balaban J connectivity index is 2.27. The van der Waals surface area contributed by atoms with E-state index < -0.39 is 17.5 Å². The van der Waals surface area contributed by atoms with E-state index in [1.807, 2.05) is 31.2 Å². The van der Waals surface area contributed by atoms with E-state index in [2.05, 4.69) is 21.2 Å². The molecule has 0 heterocycles. The van der Waals surface area contributed by atoms with E-state index in [4.69, 9.17) is 0 Å². The van der Waals surface area contributed by atoms with Gasteiger partial charge in [0.1, 0.15) is 0 Å². The quantitative estimate of drug-likeness (QED) is 0.730. The number of benzene rings is 2. The Morgan fingerprint density at radius 3 is 2.25 bits per heavy atom. The van der Waals surface area contributed by atoms with E-state index in [0.717, 1.165) is 16.1 Å². The van der Waals surface area contributed by atoms with Crippen molar-refractivity contribution in [2.24, 2.45) is 0 Å². The molecule has 0 spiro atoms. The SMILES string of the molecule is CCC(Nc1ccc(F)c(F)c1F)c1ccc(Br)cc1. The maximum absolute atomic E-state index is 13.7. The van der Waals surface area contributed by atoms with Gasteiger partial charge in [-0.2, -0.15) is 0 Å². The van der Waals surface area contributed by atoms with Crippen molar-refractivity contribution in [2.45, 2.75) is 19.4 Å². The molecule has 1 atom stereocenters. The van der Waals surface area contributed by atoms with Crippen LogP contribution < -0.4 is 5.32 Å². The number of nitrogens with one attached hydrogen (secondary N) is 1. The molecule has 1 N–H and O–H groups in total. The molecule has 0 aliphatic rings. The molecule has 1 unspecified atom stereocenters. The lowest BCUT2D eigenvalue weighted by Gasteiger charge is -2.19. The van der Waals surface area contributed by atoms with Gasteiger partial charge in [0.05, 0.1) is 11.7 Å². The monoisotopic (exact) mass is 343 g/mol. The van der Waals surface area contributed by atoms with Gasteiger partial charge in [0, 0.05) is 4.47 Å². The standard InChI is InChI=1S/C15H13BrF3N/c1-2-12(9-3-5-10(16)6-4-9)20-13-8-7-11(17)14(18)15(13)19/h3-8,12,20H,2H2,1H3. The van der Waals surface area contributed by atoms with E-state index in [9.17, 15) is 13.2 Å². The summed E-state index contributed by atoms with van der Waals surface area (Å²) < 4.78 is 40.7. The number of hydrogen-bond donors (Lipinski definition) is 1. The summed E-state index contributed by atoms with van der Waals surface area (Å²) >= 11 is 3.34. The van der Waals surface area contributed by atoms with Crippen molar-refractivity contribution in [3.63, 3.8) is 0 Å². The van der Waals surface area contributed by atoms with Gasteiger partial charge in [-0.25, -0.2) is 13.2 Å². The second-order valence-corrected chi connectivity index (χ2v) is 5.30. The number of anilines is 1. The van der Waals surface area contributed by atoms with Crippen molar-refractivity contribution in [2.75, 3.05) is 5.32 Å². The Morgan fingerprint density at radius 2 is 1.65 bits per heavy atom. The molecule has 20 heavy (non-hydrogen) atoms. The predicted octanol–water partition coefficient (Wildman–Crippen LogP) is 5.43. The molecular weight excluding hydrogens is 331 g/mol. The normalized spacial score (nSPS) is 12.2. The van der Waals surface area contributed by atoms with Gasteiger partial charge in [-0.1, -0.05) is 35.0 Å². The van der Waals surface area contributed by atoms with Crippen molar-refractivity contribution < 1.29 is 13.2 Å². The first-order valence-corrected chi connectivity index (χ1v) is 6.97. The molecule has 106 valence electrons.